The van der Waals surface area contributed by atoms with Gasteiger partial charge in [0.05, 0.1) is 35.5 Å². The van der Waals surface area contributed by atoms with E-state index in [-0.39, 0.29) is 36.0 Å². The van der Waals surface area contributed by atoms with Crippen molar-refractivity contribution in [2.24, 2.45) is 14.1 Å². The number of anilines is 2. The molecule has 5 heterocycles. The third-order valence-corrected chi connectivity index (χ3v) is 10.9. The highest BCUT2D eigenvalue weighted by Gasteiger charge is 2.34. The van der Waals surface area contributed by atoms with Crippen LogP contribution in [0.25, 0.3) is 22.3 Å². The first-order valence-corrected chi connectivity index (χ1v) is 18.2. The van der Waals surface area contributed by atoms with E-state index in [2.05, 4.69) is 23.1 Å². The number of benzene rings is 3. The van der Waals surface area contributed by atoms with Gasteiger partial charge in [-0.25, -0.2) is 4.98 Å². The molecule has 10 nitrogen and oxygen atoms in total. The lowest BCUT2D eigenvalue weighted by molar-refractivity contribution is 0.0193. The Bertz CT molecular complexity index is 2350. The summed E-state index contributed by atoms with van der Waals surface area (Å²) in [6.45, 7) is 6.20. The van der Waals surface area contributed by atoms with Crippen LogP contribution in [0.1, 0.15) is 37.5 Å². The van der Waals surface area contributed by atoms with Crippen molar-refractivity contribution in [2.45, 2.75) is 25.9 Å². The van der Waals surface area contributed by atoms with E-state index in [4.69, 9.17) is 21.3 Å². The molecular weight excluding hydrogens is 723 g/mol. The van der Waals surface area contributed by atoms with Crippen LogP contribution in [0.15, 0.2) is 97.2 Å². The molecule has 0 radical (unpaired) electrons. The lowest BCUT2D eigenvalue weighted by Gasteiger charge is -2.40. The number of carbonyl (C=O) groups is 2. The summed E-state index contributed by atoms with van der Waals surface area (Å²) in [6.07, 6.45) is 2.69. The van der Waals surface area contributed by atoms with Crippen LogP contribution >= 0.6 is 24.0 Å². The molecule has 278 valence electrons. The van der Waals surface area contributed by atoms with Gasteiger partial charge in [-0.15, -0.1) is 12.4 Å². The van der Waals surface area contributed by atoms with Gasteiger partial charge in [0.2, 0.25) is 0 Å². The molecule has 1 fully saturated rings. The quantitative estimate of drug-likeness (QED) is 0.181. The SMILES string of the molecule is Cc1c(C(=O)N(c2ccc(O)cc2)c2ccc3c(ccn3C)n2)cc(-c2cc(Cl)ccc2C(=O)N2Cc3ccccc3C[C@H]2CN2CCOCC2)n1C.Cl. The van der Waals surface area contributed by atoms with E-state index in [1.165, 1.54) is 5.56 Å². The van der Waals surface area contributed by atoms with Crippen molar-refractivity contribution in [3.8, 4) is 17.0 Å². The van der Waals surface area contributed by atoms with Crippen LogP contribution in [0.5, 0.6) is 5.75 Å². The Kier molecular flexibility index (Phi) is 10.5. The minimum atomic E-state index is -0.300. The highest BCUT2D eigenvalue weighted by Crippen LogP contribution is 2.36. The third-order valence-electron chi connectivity index (χ3n) is 10.7. The summed E-state index contributed by atoms with van der Waals surface area (Å²) < 4.78 is 9.53. The highest BCUT2D eigenvalue weighted by molar-refractivity contribution is 6.31. The smallest absolute Gasteiger partial charge is 0.265 e. The minimum Gasteiger partial charge on any atom is -0.508 e. The Morgan fingerprint density at radius 2 is 1.67 bits per heavy atom. The third kappa shape index (κ3) is 6.98. The number of ether oxygens (including phenoxy) is 1. The first-order chi connectivity index (χ1) is 25.7. The molecule has 3 aromatic heterocycles. The number of aromatic hydroxyl groups is 1. The van der Waals surface area contributed by atoms with Gasteiger partial charge < -0.3 is 23.9 Å². The lowest BCUT2D eigenvalue weighted by atomic mass is 9.92. The Balaban J connectivity index is 0.00000450. The molecule has 3 aromatic carbocycles. The van der Waals surface area contributed by atoms with Gasteiger partial charge in [0.1, 0.15) is 11.6 Å². The molecule has 1 atom stereocenters. The van der Waals surface area contributed by atoms with Gasteiger partial charge in [-0.1, -0.05) is 35.9 Å². The van der Waals surface area contributed by atoms with Crippen LogP contribution in [-0.4, -0.2) is 79.7 Å². The van der Waals surface area contributed by atoms with Gasteiger partial charge in [-0.3, -0.25) is 19.4 Å². The minimum absolute atomic E-state index is 0. The van der Waals surface area contributed by atoms with E-state index in [1.807, 2.05) is 77.6 Å². The fourth-order valence-electron chi connectivity index (χ4n) is 7.65. The van der Waals surface area contributed by atoms with Crippen LogP contribution in [0.3, 0.4) is 0 Å². The number of amides is 2. The van der Waals surface area contributed by atoms with Gasteiger partial charge in [0.15, 0.2) is 0 Å². The summed E-state index contributed by atoms with van der Waals surface area (Å²) in [4.78, 5) is 40.4. The normalized spacial score (nSPS) is 15.9. The maximum atomic E-state index is 14.8. The molecule has 1 N–H and O–H groups in total. The average molecular weight is 766 g/mol. The fraction of sp³-hybridized carbons (Fsp3) is 0.262. The monoisotopic (exact) mass is 764 g/mol. The number of fused-ring (bicyclic) bond motifs is 2. The number of hydrogen-bond donors (Lipinski definition) is 1. The Morgan fingerprint density at radius 3 is 2.43 bits per heavy atom. The molecule has 54 heavy (non-hydrogen) atoms. The number of phenols is 1. The number of aromatic nitrogens is 3. The highest BCUT2D eigenvalue weighted by atomic mass is 35.5. The Hall–Kier alpha value is -5.13. The summed E-state index contributed by atoms with van der Waals surface area (Å²) in [5, 5.41) is 10.6. The molecule has 2 aliphatic heterocycles. The number of pyridine rings is 1. The molecule has 6 aromatic rings. The number of morpholine rings is 1. The molecular formula is C42H42Cl2N6O4. The van der Waals surface area contributed by atoms with Crippen molar-refractivity contribution >= 4 is 58.4 Å². The first kappa shape index (κ1) is 37.2. The maximum absolute atomic E-state index is 14.8. The molecule has 2 amide bonds. The van der Waals surface area contributed by atoms with E-state index in [1.54, 1.807) is 41.3 Å². The van der Waals surface area contributed by atoms with Crippen molar-refractivity contribution in [1.82, 2.24) is 23.9 Å². The second-order valence-electron chi connectivity index (χ2n) is 13.9. The van der Waals surface area contributed by atoms with Crippen LogP contribution in [0.2, 0.25) is 5.02 Å². The summed E-state index contributed by atoms with van der Waals surface area (Å²) in [5.74, 6) is 0.154. The molecule has 1 saturated heterocycles. The van der Waals surface area contributed by atoms with Gasteiger partial charge in [-0.2, -0.15) is 0 Å². The van der Waals surface area contributed by atoms with Crippen LogP contribution in [0.4, 0.5) is 11.5 Å². The van der Waals surface area contributed by atoms with E-state index >= 15 is 0 Å². The lowest BCUT2D eigenvalue weighted by Crippen LogP contribution is -2.52. The number of phenolic OH excluding ortho intramolecular Hbond substituents is 1. The first-order valence-electron chi connectivity index (χ1n) is 17.9. The molecule has 2 aliphatic rings. The topological polar surface area (TPSA) is 96.1 Å². The van der Waals surface area contributed by atoms with Crippen LogP contribution < -0.4 is 4.90 Å². The van der Waals surface area contributed by atoms with Crippen molar-refractivity contribution in [2.75, 3.05) is 37.7 Å². The second-order valence-corrected chi connectivity index (χ2v) is 14.3. The predicted molar refractivity (Wildman–Crippen MR) is 214 cm³/mol. The van der Waals surface area contributed by atoms with Crippen molar-refractivity contribution < 1.29 is 19.4 Å². The molecule has 0 spiro atoms. The largest absolute Gasteiger partial charge is 0.508 e. The van der Waals surface area contributed by atoms with Gasteiger partial charge in [0, 0.05) is 80.1 Å². The standard InChI is InChI=1S/C42H41ClN6O4.ClH/c1-27-35(42(52)49(31-9-11-33(50)12-10-31)40-15-14-38-37(44-40)16-17-45(38)2)24-39(46(27)3)36-23-30(43)8-13-34(36)41(51)48-25-29-7-5-4-6-28(29)22-32(48)26-47-18-20-53-21-19-47;/h4-17,23-24,32,50H,18-22,25-26H2,1-3H3;1H/t32-;/m0./s1. The van der Waals surface area contributed by atoms with Gasteiger partial charge >= 0.3 is 0 Å². The molecule has 8 rings (SSSR count). The summed E-state index contributed by atoms with van der Waals surface area (Å²) in [5.41, 5.74) is 7.68. The molecule has 0 bridgehead atoms. The van der Waals surface area contributed by atoms with Gasteiger partial charge in [0.25, 0.3) is 11.8 Å². The zero-order valence-corrected chi connectivity index (χ0v) is 32.0. The molecule has 0 saturated carbocycles. The number of carbonyl (C=O) groups excluding carboxylic acids is 2. The predicted octanol–water partition coefficient (Wildman–Crippen LogP) is 7.55. The zero-order valence-electron chi connectivity index (χ0n) is 30.4. The number of hydrogen-bond acceptors (Lipinski definition) is 6. The fourth-order valence-corrected chi connectivity index (χ4v) is 7.83. The molecule has 12 heteroatoms. The number of nitrogens with zero attached hydrogens (tertiary/aromatic N) is 6. The molecule has 0 aliphatic carbocycles. The molecule has 0 unspecified atom stereocenters. The number of halogens is 2. The van der Waals surface area contributed by atoms with Crippen LogP contribution in [-0.2, 0) is 31.8 Å². The van der Waals surface area contributed by atoms with Gasteiger partial charge in [-0.05, 0) is 91.2 Å². The van der Waals surface area contributed by atoms with Crippen molar-refractivity contribution in [1.29, 1.82) is 0 Å². The Morgan fingerprint density at radius 1 is 0.926 bits per heavy atom. The number of aryl methyl sites for hydroxylation is 1. The average Bonchev–Trinajstić information content (AvgIpc) is 3.69. The van der Waals surface area contributed by atoms with E-state index in [9.17, 15) is 14.7 Å². The van der Waals surface area contributed by atoms with E-state index < -0.39 is 0 Å². The summed E-state index contributed by atoms with van der Waals surface area (Å²) in [6, 6.07) is 27.7. The second kappa shape index (κ2) is 15.3. The zero-order chi connectivity index (χ0) is 36.8. The Labute approximate surface area is 325 Å². The van der Waals surface area contributed by atoms with E-state index in [0.717, 1.165) is 42.7 Å². The van der Waals surface area contributed by atoms with E-state index in [0.29, 0.717) is 64.4 Å². The number of rotatable bonds is 7. The van der Waals surface area contributed by atoms with Crippen LogP contribution in [0, 0.1) is 6.92 Å². The van der Waals surface area contributed by atoms with Crippen molar-refractivity contribution in [3.05, 3.63) is 130 Å². The summed E-state index contributed by atoms with van der Waals surface area (Å²) in [7, 11) is 3.85. The maximum Gasteiger partial charge on any atom is 0.265 e. The van der Waals surface area contributed by atoms with Crippen molar-refractivity contribution in [3.63, 3.8) is 0 Å². The summed E-state index contributed by atoms with van der Waals surface area (Å²) >= 11 is 6.66.